The summed E-state index contributed by atoms with van der Waals surface area (Å²) in [6.07, 6.45) is 1.21. The lowest BCUT2D eigenvalue weighted by molar-refractivity contribution is 0.486. The minimum Gasteiger partial charge on any atom is -0.362 e. The van der Waals surface area contributed by atoms with Crippen molar-refractivity contribution < 1.29 is 0 Å². The van der Waals surface area contributed by atoms with Crippen LogP contribution in [0, 0.1) is 11.8 Å². The van der Waals surface area contributed by atoms with Crippen LogP contribution in [0.2, 0.25) is 0 Å². The van der Waals surface area contributed by atoms with Crippen LogP contribution in [0.15, 0.2) is 4.99 Å². The molecule has 3 unspecified atom stereocenters. The van der Waals surface area contributed by atoms with E-state index in [-0.39, 0.29) is 0 Å². The highest BCUT2D eigenvalue weighted by molar-refractivity contribution is 8.13. The molecule has 0 saturated heterocycles. The van der Waals surface area contributed by atoms with Crippen molar-refractivity contribution in [2.45, 2.75) is 53.1 Å². The van der Waals surface area contributed by atoms with Crippen molar-refractivity contribution in [1.29, 1.82) is 0 Å². The normalized spacial score (nSPS) is 28.8. The molecule has 0 fully saturated rings. The Hall–Kier alpha value is -0.180. The zero-order chi connectivity index (χ0) is 11.4. The number of nitrogens with zero attached hydrogens (tertiary/aromatic N) is 1. The van der Waals surface area contributed by atoms with Crippen molar-refractivity contribution in [3.63, 3.8) is 0 Å². The van der Waals surface area contributed by atoms with E-state index in [1.54, 1.807) is 0 Å². The van der Waals surface area contributed by atoms with E-state index in [0.717, 1.165) is 11.1 Å². The fourth-order valence-electron chi connectivity index (χ4n) is 1.75. The van der Waals surface area contributed by atoms with Crippen molar-refractivity contribution >= 4 is 16.9 Å². The Morgan fingerprint density at radius 2 is 2.07 bits per heavy atom. The summed E-state index contributed by atoms with van der Waals surface area (Å²) < 4.78 is 0. The molecule has 3 heteroatoms. The summed E-state index contributed by atoms with van der Waals surface area (Å²) in [5, 5.41) is 4.66. The van der Waals surface area contributed by atoms with Gasteiger partial charge in [-0.25, -0.2) is 0 Å². The maximum atomic E-state index is 4.68. The zero-order valence-electron chi connectivity index (χ0n) is 10.6. The Bertz CT molecular complexity index is 226. The first-order valence-corrected chi connectivity index (χ1v) is 6.94. The van der Waals surface area contributed by atoms with Crippen LogP contribution < -0.4 is 5.32 Å². The van der Waals surface area contributed by atoms with Gasteiger partial charge in [0.15, 0.2) is 5.17 Å². The van der Waals surface area contributed by atoms with Crippen molar-refractivity contribution in [3.05, 3.63) is 0 Å². The second kappa shape index (κ2) is 5.78. The summed E-state index contributed by atoms with van der Waals surface area (Å²) in [7, 11) is 0. The van der Waals surface area contributed by atoms with Crippen molar-refractivity contribution in [1.82, 2.24) is 5.32 Å². The van der Waals surface area contributed by atoms with E-state index in [4.69, 9.17) is 0 Å². The van der Waals surface area contributed by atoms with Gasteiger partial charge in [0, 0.05) is 11.8 Å². The van der Waals surface area contributed by atoms with Crippen LogP contribution in [0.25, 0.3) is 0 Å². The molecular formula is C12H24N2S. The van der Waals surface area contributed by atoms with Crippen LogP contribution in [-0.4, -0.2) is 23.0 Å². The van der Waals surface area contributed by atoms with Crippen molar-refractivity contribution in [2.75, 3.05) is 5.75 Å². The van der Waals surface area contributed by atoms with Gasteiger partial charge in [-0.1, -0.05) is 32.5 Å². The number of amidine groups is 1. The number of hydrogen-bond acceptors (Lipinski definition) is 3. The largest absolute Gasteiger partial charge is 0.362 e. The fourth-order valence-corrected chi connectivity index (χ4v) is 2.98. The highest BCUT2D eigenvalue weighted by atomic mass is 32.2. The first-order valence-electron chi connectivity index (χ1n) is 5.96. The Morgan fingerprint density at radius 1 is 1.40 bits per heavy atom. The molecule has 0 aromatic carbocycles. The second-order valence-electron chi connectivity index (χ2n) is 5.14. The SMILES string of the molecule is CC(C)CC(C)NC1=NC(C)C(C)CS1. The summed E-state index contributed by atoms with van der Waals surface area (Å²) >= 11 is 1.87. The quantitative estimate of drug-likeness (QED) is 0.802. The van der Waals surface area contributed by atoms with Crippen LogP contribution in [0.1, 0.15) is 41.0 Å². The monoisotopic (exact) mass is 228 g/mol. The van der Waals surface area contributed by atoms with Crippen LogP contribution in [0.5, 0.6) is 0 Å². The highest BCUT2D eigenvalue weighted by Gasteiger charge is 2.20. The second-order valence-corrected chi connectivity index (χ2v) is 6.15. The van der Waals surface area contributed by atoms with E-state index in [2.05, 4.69) is 44.9 Å². The van der Waals surface area contributed by atoms with Crippen molar-refractivity contribution in [2.24, 2.45) is 16.8 Å². The number of thioether (sulfide) groups is 1. The molecule has 2 nitrogen and oxygen atoms in total. The molecule has 88 valence electrons. The van der Waals surface area contributed by atoms with Gasteiger partial charge in [0.2, 0.25) is 0 Å². The van der Waals surface area contributed by atoms with Gasteiger partial charge in [0.25, 0.3) is 0 Å². The fraction of sp³-hybridized carbons (Fsp3) is 0.917. The molecule has 3 atom stereocenters. The van der Waals surface area contributed by atoms with Crippen LogP contribution in [-0.2, 0) is 0 Å². The number of hydrogen-bond donors (Lipinski definition) is 1. The molecule has 0 amide bonds. The van der Waals surface area contributed by atoms with E-state index in [1.807, 2.05) is 11.8 Å². The molecule has 0 radical (unpaired) electrons. The zero-order valence-corrected chi connectivity index (χ0v) is 11.4. The highest BCUT2D eigenvalue weighted by Crippen LogP contribution is 2.22. The molecule has 15 heavy (non-hydrogen) atoms. The van der Waals surface area contributed by atoms with Crippen LogP contribution in [0.4, 0.5) is 0 Å². The Labute approximate surface area is 98.3 Å². The van der Waals surface area contributed by atoms with Gasteiger partial charge in [-0.3, -0.25) is 4.99 Å². The van der Waals surface area contributed by atoms with Gasteiger partial charge < -0.3 is 5.32 Å². The molecule has 0 aromatic rings. The first-order chi connectivity index (χ1) is 6.99. The van der Waals surface area contributed by atoms with Gasteiger partial charge in [-0.2, -0.15) is 0 Å². The smallest absolute Gasteiger partial charge is 0.157 e. The average Bonchev–Trinajstić information content (AvgIpc) is 2.10. The van der Waals surface area contributed by atoms with Gasteiger partial charge in [-0.15, -0.1) is 0 Å². The summed E-state index contributed by atoms with van der Waals surface area (Å²) in [5.41, 5.74) is 0. The summed E-state index contributed by atoms with van der Waals surface area (Å²) in [5.74, 6) is 2.65. The van der Waals surface area contributed by atoms with Gasteiger partial charge in [0.1, 0.15) is 0 Å². The average molecular weight is 228 g/mol. The predicted molar refractivity (Wildman–Crippen MR) is 70.6 cm³/mol. The van der Waals surface area contributed by atoms with Crippen LogP contribution in [0.3, 0.4) is 0 Å². The lowest BCUT2D eigenvalue weighted by Crippen LogP contribution is -2.36. The van der Waals surface area contributed by atoms with E-state index in [0.29, 0.717) is 18.0 Å². The summed E-state index contributed by atoms with van der Waals surface area (Å²) in [6, 6.07) is 1.01. The third-order valence-electron chi connectivity index (χ3n) is 2.82. The molecule has 0 saturated carbocycles. The third kappa shape index (κ3) is 4.45. The molecule has 0 bridgehead atoms. The van der Waals surface area contributed by atoms with E-state index in [9.17, 15) is 0 Å². The summed E-state index contributed by atoms with van der Waals surface area (Å²) in [6.45, 7) is 11.2. The van der Waals surface area contributed by atoms with Crippen molar-refractivity contribution in [3.8, 4) is 0 Å². The van der Waals surface area contributed by atoms with Crippen LogP contribution >= 0.6 is 11.8 Å². The molecule has 1 aliphatic heterocycles. The molecule has 1 aliphatic rings. The summed E-state index contributed by atoms with van der Waals surface area (Å²) in [4.78, 5) is 4.68. The maximum absolute atomic E-state index is 4.68. The lowest BCUT2D eigenvalue weighted by atomic mass is 10.1. The number of nitrogens with one attached hydrogen (secondary N) is 1. The van der Waals surface area contributed by atoms with E-state index in [1.165, 1.54) is 12.2 Å². The minimum atomic E-state index is 0.472. The molecule has 1 N–H and O–H groups in total. The van der Waals surface area contributed by atoms with Gasteiger partial charge in [-0.05, 0) is 32.1 Å². The van der Waals surface area contributed by atoms with E-state index >= 15 is 0 Å². The van der Waals surface area contributed by atoms with Gasteiger partial charge >= 0.3 is 0 Å². The third-order valence-corrected chi connectivity index (χ3v) is 4.01. The predicted octanol–water partition coefficient (Wildman–Crippen LogP) is 3.14. The number of rotatable bonds is 3. The number of aliphatic imine (C=N–C) groups is 1. The van der Waals surface area contributed by atoms with E-state index < -0.39 is 0 Å². The molecular weight excluding hydrogens is 204 g/mol. The topological polar surface area (TPSA) is 24.4 Å². The van der Waals surface area contributed by atoms with Gasteiger partial charge in [0.05, 0.1) is 6.04 Å². The molecule has 0 spiro atoms. The standard InChI is InChI=1S/C12H24N2S/c1-8(2)6-10(4)13-12-14-11(5)9(3)7-15-12/h8-11H,6-7H2,1-5H3,(H,13,14). The Morgan fingerprint density at radius 3 is 2.60 bits per heavy atom. The molecule has 0 aliphatic carbocycles. The first kappa shape index (κ1) is 12.9. The Kier molecular flexibility index (Phi) is 4.97. The minimum absolute atomic E-state index is 0.472. The lowest BCUT2D eigenvalue weighted by Gasteiger charge is -2.26. The Balaban J connectivity index is 2.41. The molecule has 1 heterocycles. The maximum Gasteiger partial charge on any atom is 0.157 e. The molecule has 1 rings (SSSR count). The molecule has 0 aromatic heterocycles.